The Bertz CT molecular complexity index is 184. The van der Waals surface area contributed by atoms with Crippen molar-refractivity contribution in [1.29, 1.82) is 0 Å². The minimum atomic E-state index is -0.285. The molecule has 1 spiro atoms. The molecule has 0 aliphatic carbocycles. The molecule has 2 rings (SSSR count). The highest BCUT2D eigenvalue weighted by Gasteiger charge is 2.47. The van der Waals surface area contributed by atoms with Gasteiger partial charge in [-0.1, -0.05) is 0 Å². The van der Waals surface area contributed by atoms with Crippen LogP contribution in [0.5, 0.6) is 0 Å². The Labute approximate surface area is 77.8 Å². The van der Waals surface area contributed by atoms with Gasteiger partial charge in [-0.25, -0.2) is 0 Å². The summed E-state index contributed by atoms with van der Waals surface area (Å²) in [5, 5.41) is 9.12. The third-order valence-corrected chi connectivity index (χ3v) is 2.88. The van der Waals surface area contributed by atoms with Crippen LogP contribution in [0.3, 0.4) is 0 Å². The molecule has 4 heteroatoms. The summed E-state index contributed by atoms with van der Waals surface area (Å²) in [7, 11) is 0. The van der Waals surface area contributed by atoms with Gasteiger partial charge in [0.2, 0.25) is 0 Å². The average Bonchev–Trinajstić information content (AvgIpc) is 2.47. The first-order valence-electron chi connectivity index (χ1n) is 4.79. The molecule has 2 aliphatic heterocycles. The predicted molar refractivity (Wildman–Crippen MR) is 45.3 cm³/mol. The average molecular weight is 188 g/mol. The second kappa shape index (κ2) is 3.53. The SMILES string of the molecule is CC1OCC[C@]2(CCO[C@@H]2CO)O1. The summed E-state index contributed by atoms with van der Waals surface area (Å²) < 4.78 is 16.4. The minimum Gasteiger partial charge on any atom is -0.394 e. The van der Waals surface area contributed by atoms with Crippen molar-refractivity contribution >= 4 is 0 Å². The fourth-order valence-corrected chi connectivity index (χ4v) is 2.15. The van der Waals surface area contributed by atoms with Crippen molar-refractivity contribution in [3.8, 4) is 0 Å². The van der Waals surface area contributed by atoms with Gasteiger partial charge in [0.1, 0.15) is 11.7 Å². The Hall–Kier alpha value is -0.160. The number of aliphatic hydroxyl groups excluding tert-OH is 1. The smallest absolute Gasteiger partial charge is 0.155 e. The lowest BCUT2D eigenvalue weighted by molar-refractivity contribution is -0.263. The number of hydrogen-bond donors (Lipinski definition) is 1. The Morgan fingerprint density at radius 2 is 2.00 bits per heavy atom. The van der Waals surface area contributed by atoms with Crippen LogP contribution in [-0.2, 0) is 14.2 Å². The van der Waals surface area contributed by atoms with Crippen LogP contribution in [0.4, 0.5) is 0 Å². The van der Waals surface area contributed by atoms with E-state index >= 15 is 0 Å². The summed E-state index contributed by atoms with van der Waals surface area (Å²) in [6, 6.07) is 0. The molecule has 2 aliphatic rings. The summed E-state index contributed by atoms with van der Waals surface area (Å²) >= 11 is 0. The lowest BCUT2D eigenvalue weighted by Gasteiger charge is -2.39. The Morgan fingerprint density at radius 1 is 1.31 bits per heavy atom. The van der Waals surface area contributed by atoms with Crippen LogP contribution in [0.1, 0.15) is 19.8 Å². The molecule has 0 aromatic rings. The van der Waals surface area contributed by atoms with E-state index in [0.717, 1.165) is 12.8 Å². The van der Waals surface area contributed by atoms with Gasteiger partial charge in [-0.3, -0.25) is 0 Å². The molecular formula is C9H16O4. The molecule has 1 unspecified atom stereocenters. The summed E-state index contributed by atoms with van der Waals surface area (Å²) in [5.74, 6) is 0. The van der Waals surface area contributed by atoms with E-state index in [1.165, 1.54) is 0 Å². The standard InChI is InChI=1S/C9H16O4/c1-7-11-4-2-9(13-7)3-5-12-8(9)6-10/h7-8,10H,2-6H2,1H3/t7?,8-,9-/m1/s1. The van der Waals surface area contributed by atoms with Gasteiger partial charge in [0.05, 0.1) is 19.8 Å². The van der Waals surface area contributed by atoms with Gasteiger partial charge in [0.15, 0.2) is 6.29 Å². The van der Waals surface area contributed by atoms with E-state index in [9.17, 15) is 0 Å². The molecule has 4 nitrogen and oxygen atoms in total. The highest BCUT2D eigenvalue weighted by atomic mass is 16.7. The van der Waals surface area contributed by atoms with Crippen LogP contribution in [0.2, 0.25) is 0 Å². The maximum absolute atomic E-state index is 9.12. The molecular weight excluding hydrogens is 172 g/mol. The largest absolute Gasteiger partial charge is 0.394 e. The van der Waals surface area contributed by atoms with E-state index in [-0.39, 0.29) is 24.6 Å². The van der Waals surface area contributed by atoms with Gasteiger partial charge < -0.3 is 19.3 Å². The molecule has 0 radical (unpaired) electrons. The highest BCUT2D eigenvalue weighted by molar-refractivity contribution is 4.95. The monoisotopic (exact) mass is 188 g/mol. The Morgan fingerprint density at radius 3 is 2.62 bits per heavy atom. The Balaban J connectivity index is 2.08. The number of ether oxygens (including phenoxy) is 3. The molecule has 13 heavy (non-hydrogen) atoms. The lowest BCUT2D eigenvalue weighted by atomic mass is 9.91. The van der Waals surface area contributed by atoms with E-state index in [2.05, 4.69) is 0 Å². The minimum absolute atomic E-state index is 0.0344. The summed E-state index contributed by atoms with van der Waals surface area (Å²) in [5.41, 5.74) is -0.285. The molecule has 0 amide bonds. The van der Waals surface area contributed by atoms with Gasteiger partial charge in [-0.2, -0.15) is 0 Å². The molecule has 3 atom stereocenters. The zero-order chi connectivity index (χ0) is 9.31. The van der Waals surface area contributed by atoms with Crippen LogP contribution in [0.25, 0.3) is 0 Å². The van der Waals surface area contributed by atoms with Gasteiger partial charge in [0, 0.05) is 12.8 Å². The lowest BCUT2D eigenvalue weighted by Crippen LogP contribution is -2.49. The van der Waals surface area contributed by atoms with Gasteiger partial charge in [-0.05, 0) is 6.92 Å². The van der Waals surface area contributed by atoms with Crippen molar-refractivity contribution in [2.45, 2.75) is 37.8 Å². The van der Waals surface area contributed by atoms with Crippen molar-refractivity contribution in [2.75, 3.05) is 19.8 Å². The molecule has 2 saturated heterocycles. The van der Waals surface area contributed by atoms with Crippen LogP contribution in [-0.4, -0.2) is 42.9 Å². The normalized spacial score (nSPS) is 45.7. The van der Waals surface area contributed by atoms with Crippen LogP contribution < -0.4 is 0 Å². The van der Waals surface area contributed by atoms with Crippen LogP contribution in [0, 0.1) is 0 Å². The van der Waals surface area contributed by atoms with Crippen molar-refractivity contribution in [3.05, 3.63) is 0 Å². The highest BCUT2D eigenvalue weighted by Crippen LogP contribution is 2.36. The Kier molecular flexibility index (Phi) is 2.55. The predicted octanol–water partition coefficient (Wildman–Crippen LogP) is 0.289. The molecule has 2 heterocycles. The van der Waals surface area contributed by atoms with Crippen molar-refractivity contribution in [1.82, 2.24) is 0 Å². The molecule has 0 aromatic carbocycles. The third kappa shape index (κ3) is 1.59. The first-order chi connectivity index (χ1) is 6.27. The third-order valence-electron chi connectivity index (χ3n) is 2.88. The number of rotatable bonds is 1. The van der Waals surface area contributed by atoms with E-state index < -0.39 is 0 Å². The molecule has 0 saturated carbocycles. The first-order valence-corrected chi connectivity index (χ1v) is 4.79. The number of aliphatic hydroxyl groups is 1. The quantitative estimate of drug-likeness (QED) is 0.642. The first kappa shape index (κ1) is 9.40. The fourth-order valence-electron chi connectivity index (χ4n) is 2.15. The summed E-state index contributed by atoms with van der Waals surface area (Å²) in [6.07, 6.45) is 1.34. The van der Waals surface area contributed by atoms with Gasteiger partial charge in [-0.15, -0.1) is 0 Å². The van der Waals surface area contributed by atoms with E-state index in [4.69, 9.17) is 19.3 Å². The molecule has 0 aromatic heterocycles. The second-order valence-corrected chi connectivity index (χ2v) is 3.66. The second-order valence-electron chi connectivity index (χ2n) is 3.66. The molecule has 1 N–H and O–H groups in total. The van der Waals surface area contributed by atoms with Gasteiger partial charge in [0.25, 0.3) is 0 Å². The fraction of sp³-hybridized carbons (Fsp3) is 1.00. The summed E-state index contributed by atoms with van der Waals surface area (Å²) in [6.45, 7) is 3.29. The molecule has 76 valence electrons. The summed E-state index contributed by atoms with van der Waals surface area (Å²) in [4.78, 5) is 0. The van der Waals surface area contributed by atoms with Gasteiger partial charge >= 0.3 is 0 Å². The van der Waals surface area contributed by atoms with Crippen LogP contribution in [0.15, 0.2) is 0 Å². The zero-order valence-corrected chi connectivity index (χ0v) is 7.86. The van der Waals surface area contributed by atoms with Crippen molar-refractivity contribution in [2.24, 2.45) is 0 Å². The number of hydrogen-bond acceptors (Lipinski definition) is 4. The van der Waals surface area contributed by atoms with Crippen LogP contribution >= 0.6 is 0 Å². The van der Waals surface area contributed by atoms with Crippen molar-refractivity contribution < 1.29 is 19.3 Å². The topological polar surface area (TPSA) is 47.9 Å². The zero-order valence-electron chi connectivity index (χ0n) is 7.86. The van der Waals surface area contributed by atoms with E-state index in [1.807, 2.05) is 6.92 Å². The molecule has 2 fully saturated rings. The van der Waals surface area contributed by atoms with Crippen molar-refractivity contribution in [3.63, 3.8) is 0 Å². The maximum Gasteiger partial charge on any atom is 0.155 e. The molecule has 0 bridgehead atoms. The maximum atomic E-state index is 9.12. The van der Waals surface area contributed by atoms with E-state index in [0.29, 0.717) is 13.2 Å². The van der Waals surface area contributed by atoms with E-state index in [1.54, 1.807) is 0 Å².